The topological polar surface area (TPSA) is 135 Å². The van der Waals surface area contributed by atoms with Crippen LogP contribution in [-0.4, -0.2) is 40.0 Å². The maximum absolute atomic E-state index is 12.8. The molecule has 0 bridgehead atoms. The van der Waals surface area contributed by atoms with Crippen LogP contribution in [0, 0.1) is 0 Å². The lowest BCUT2D eigenvalue weighted by molar-refractivity contribution is -0.147. The Hall–Kier alpha value is -4.92. The maximum Gasteiger partial charge on any atom is 0.306 e. The van der Waals surface area contributed by atoms with Crippen LogP contribution in [0.25, 0.3) is 10.9 Å². The first kappa shape index (κ1) is 22.9. The van der Waals surface area contributed by atoms with E-state index in [-0.39, 0.29) is 41.1 Å². The summed E-state index contributed by atoms with van der Waals surface area (Å²) in [6.07, 6.45) is 0.0619. The van der Waals surface area contributed by atoms with Crippen molar-refractivity contribution < 1.29 is 23.9 Å². The van der Waals surface area contributed by atoms with E-state index in [1.54, 1.807) is 48.5 Å². The van der Waals surface area contributed by atoms with Crippen LogP contribution < -0.4 is 10.9 Å². The third-order valence-corrected chi connectivity index (χ3v) is 5.80. The Bertz CT molecular complexity index is 1620. The summed E-state index contributed by atoms with van der Waals surface area (Å²) in [5, 5.41) is 3.03. The first-order valence-electron chi connectivity index (χ1n) is 11.2. The molecule has 4 aromatic rings. The number of H-pyrrole nitrogens is 1. The van der Waals surface area contributed by atoms with Crippen molar-refractivity contribution in [2.24, 2.45) is 0 Å². The van der Waals surface area contributed by atoms with Gasteiger partial charge in [-0.3, -0.25) is 24.0 Å². The number of benzene rings is 3. The number of carbonyl (C=O) groups is 4. The van der Waals surface area contributed by atoms with Gasteiger partial charge < -0.3 is 15.0 Å². The number of ketones is 2. The van der Waals surface area contributed by atoms with E-state index in [2.05, 4.69) is 15.3 Å². The number of hydrogen-bond acceptors (Lipinski definition) is 7. The van der Waals surface area contributed by atoms with Crippen molar-refractivity contribution in [1.29, 1.82) is 0 Å². The number of anilines is 1. The van der Waals surface area contributed by atoms with Crippen LogP contribution in [0.4, 0.5) is 5.69 Å². The number of aromatic amines is 1. The van der Waals surface area contributed by atoms with Crippen LogP contribution in [0.15, 0.2) is 71.5 Å². The minimum atomic E-state index is -0.635. The van der Waals surface area contributed by atoms with Gasteiger partial charge in [-0.1, -0.05) is 36.4 Å². The lowest BCUT2D eigenvalue weighted by Gasteiger charge is -2.18. The van der Waals surface area contributed by atoms with Crippen LogP contribution in [0.2, 0.25) is 0 Å². The second kappa shape index (κ2) is 9.38. The molecule has 0 fully saturated rings. The summed E-state index contributed by atoms with van der Waals surface area (Å²) in [7, 11) is 0. The minimum Gasteiger partial charge on any atom is -0.456 e. The highest BCUT2D eigenvalue weighted by Gasteiger charge is 2.29. The number of fused-ring (bicyclic) bond motifs is 3. The molecule has 0 saturated heterocycles. The first-order chi connectivity index (χ1) is 17.4. The van der Waals surface area contributed by atoms with E-state index in [0.29, 0.717) is 33.5 Å². The monoisotopic (exact) mass is 481 g/mol. The van der Waals surface area contributed by atoms with Crippen LogP contribution in [-0.2, 0) is 20.7 Å². The summed E-state index contributed by atoms with van der Waals surface area (Å²) < 4.78 is 5.02. The molecule has 1 aliphatic rings. The lowest BCUT2D eigenvalue weighted by atomic mass is 9.84. The zero-order valence-corrected chi connectivity index (χ0v) is 18.9. The summed E-state index contributed by atoms with van der Waals surface area (Å²) in [6, 6.07) is 17.9. The number of amides is 1. The van der Waals surface area contributed by atoms with Gasteiger partial charge in [-0.05, 0) is 30.3 Å². The van der Waals surface area contributed by atoms with E-state index in [1.807, 2.05) is 0 Å². The number of nitrogens with zero attached hydrogens (tertiary/aromatic N) is 1. The Morgan fingerprint density at radius 3 is 2.28 bits per heavy atom. The molecule has 3 aromatic carbocycles. The van der Waals surface area contributed by atoms with Gasteiger partial charge in [0.15, 0.2) is 18.2 Å². The average Bonchev–Trinajstić information content (AvgIpc) is 2.89. The van der Waals surface area contributed by atoms with E-state index in [1.165, 1.54) is 18.2 Å². The second-order valence-corrected chi connectivity index (χ2v) is 8.20. The molecule has 0 radical (unpaired) electrons. The van der Waals surface area contributed by atoms with Crippen LogP contribution >= 0.6 is 0 Å². The van der Waals surface area contributed by atoms with E-state index in [0.717, 1.165) is 0 Å². The summed E-state index contributed by atoms with van der Waals surface area (Å²) in [5.74, 6) is -1.45. The first-order valence-corrected chi connectivity index (χ1v) is 11.2. The zero-order valence-electron chi connectivity index (χ0n) is 18.9. The van der Waals surface area contributed by atoms with Crippen molar-refractivity contribution in [3.63, 3.8) is 0 Å². The highest BCUT2D eigenvalue weighted by Crippen LogP contribution is 2.29. The Labute approximate surface area is 204 Å². The molecule has 178 valence electrons. The largest absolute Gasteiger partial charge is 0.456 e. The Balaban J connectivity index is 1.17. The van der Waals surface area contributed by atoms with Gasteiger partial charge in [0.1, 0.15) is 5.82 Å². The van der Waals surface area contributed by atoms with Gasteiger partial charge in [-0.15, -0.1) is 0 Å². The standard InChI is InChI=1S/C27H19N3O6/c31-23(14-36-24(32)12-11-22-29-21-8-4-3-7-19(21)27(35)30-22)28-15-9-10-18-20(13-15)26(34)17-6-2-1-5-16(17)25(18)33/h1-10,13H,11-12,14H2,(H,28,31)(H,29,30,35). The number of ether oxygens (including phenoxy) is 1. The third-order valence-electron chi connectivity index (χ3n) is 5.80. The number of para-hydroxylation sites is 1. The molecule has 0 aliphatic heterocycles. The molecule has 9 heteroatoms. The summed E-state index contributed by atoms with van der Waals surface area (Å²) in [4.78, 5) is 69.0. The molecule has 0 unspecified atom stereocenters. The molecule has 1 aromatic heterocycles. The van der Waals surface area contributed by atoms with E-state index in [9.17, 15) is 24.0 Å². The SMILES string of the molecule is O=C(COC(=O)CCc1nc2ccccc2c(=O)[nH]1)Nc1ccc2c(c1)C(=O)c1ccccc1C2=O. The van der Waals surface area contributed by atoms with Crippen LogP contribution in [0.1, 0.15) is 44.1 Å². The second-order valence-electron chi connectivity index (χ2n) is 8.20. The van der Waals surface area contributed by atoms with Crippen molar-refractivity contribution in [3.05, 3.63) is 105 Å². The fourth-order valence-electron chi connectivity index (χ4n) is 4.07. The third kappa shape index (κ3) is 4.41. The molecule has 2 N–H and O–H groups in total. The minimum absolute atomic E-state index is 0.0799. The Kier molecular flexibility index (Phi) is 5.95. The van der Waals surface area contributed by atoms with E-state index in [4.69, 9.17) is 4.74 Å². The number of aryl methyl sites for hydroxylation is 1. The summed E-state index contributed by atoms with van der Waals surface area (Å²) in [6.45, 7) is -0.534. The quantitative estimate of drug-likeness (QED) is 0.356. The van der Waals surface area contributed by atoms with Gasteiger partial charge in [0.05, 0.1) is 17.3 Å². The number of nitrogens with one attached hydrogen (secondary N) is 2. The molecule has 5 rings (SSSR count). The molecular weight excluding hydrogens is 462 g/mol. The number of hydrogen-bond donors (Lipinski definition) is 2. The van der Waals surface area contributed by atoms with Gasteiger partial charge in [0.25, 0.3) is 11.5 Å². The molecule has 0 saturated carbocycles. The van der Waals surface area contributed by atoms with Gasteiger partial charge in [-0.25, -0.2) is 4.98 Å². The number of esters is 1. The fraction of sp³-hybridized carbons (Fsp3) is 0.111. The predicted molar refractivity (Wildman–Crippen MR) is 130 cm³/mol. The summed E-state index contributed by atoms with van der Waals surface area (Å²) in [5.41, 5.74) is 1.66. The van der Waals surface area contributed by atoms with Crippen molar-refractivity contribution in [3.8, 4) is 0 Å². The maximum atomic E-state index is 12.8. The number of aromatic nitrogens is 2. The fourth-order valence-corrected chi connectivity index (χ4v) is 4.07. The summed E-state index contributed by atoms with van der Waals surface area (Å²) >= 11 is 0. The highest BCUT2D eigenvalue weighted by molar-refractivity contribution is 6.28. The predicted octanol–water partition coefficient (Wildman–Crippen LogP) is 2.81. The Morgan fingerprint density at radius 1 is 0.833 bits per heavy atom. The van der Waals surface area contributed by atoms with Gasteiger partial charge in [0, 0.05) is 34.4 Å². The molecule has 1 amide bonds. The molecule has 0 atom stereocenters. The molecule has 1 heterocycles. The van der Waals surface area contributed by atoms with Gasteiger partial charge in [-0.2, -0.15) is 0 Å². The van der Waals surface area contributed by atoms with E-state index >= 15 is 0 Å². The highest BCUT2D eigenvalue weighted by atomic mass is 16.5. The number of carbonyl (C=O) groups excluding carboxylic acids is 4. The molecule has 9 nitrogen and oxygen atoms in total. The van der Waals surface area contributed by atoms with Crippen LogP contribution in [0.5, 0.6) is 0 Å². The van der Waals surface area contributed by atoms with Crippen LogP contribution in [0.3, 0.4) is 0 Å². The Morgan fingerprint density at radius 2 is 1.50 bits per heavy atom. The number of rotatable bonds is 6. The zero-order chi connectivity index (χ0) is 25.2. The van der Waals surface area contributed by atoms with E-state index < -0.39 is 18.5 Å². The van der Waals surface area contributed by atoms with Gasteiger partial charge in [0.2, 0.25) is 0 Å². The average molecular weight is 481 g/mol. The molecule has 0 spiro atoms. The van der Waals surface area contributed by atoms with Crippen molar-refractivity contribution >= 4 is 40.0 Å². The van der Waals surface area contributed by atoms with Crippen molar-refractivity contribution in [2.75, 3.05) is 11.9 Å². The normalized spacial score (nSPS) is 12.1. The molecule has 1 aliphatic carbocycles. The molecular formula is C27H19N3O6. The smallest absolute Gasteiger partial charge is 0.306 e. The van der Waals surface area contributed by atoms with Crippen molar-refractivity contribution in [2.45, 2.75) is 12.8 Å². The lowest BCUT2D eigenvalue weighted by Crippen LogP contribution is -2.23. The van der Waals surface area contributed by atoms with Crippen molar-refractivity contribution in [1.82, 2.24) is 9.97 Å². The molecule has 36 heavy (non-hydrogen) atoms. The van der Waals surface area contributed by atoms with Gasteiger partial charge >= 0.3 is 5.97 Å².